The van der Waals surface area contributed by atoms with Crippen LogP contribution in [0.25, 0.3) is 0 Å². The van der Waals surface area contributed by atoms with Crippen LogP contribution in [-0.2, 0) is 0 Å². The van der Waals surface area contributed by atoms with Crippen LogP contribution in [0.5, 0.6) is 0 Å². The van der Waals surface area contributed by atoms with Gasteiger partial charge >= 0.3 is 0 Å². The first-order valence-electron chi connectivity index (χ1n) is 5.85. The lowest BCUT2D eigenvalue weighted by Gasteiger charge is -2.35. The number of nitriles is 1. The fourth-order valence-corrected chi connectivity index (χ4v) is 2.08. The fourth-order valence-electron chi connectivity index (χ4n) is 2.08. The largest absolute Gasteiger partial charge is 0.369 e. The molecule has 4 heteroatoms. The highest BCUT2D eigenvalue weighted by atomic mass is 19.1. The molecule has 0 amide bonds. The number of hydrogen-bond donors (Lipinski definition) is 0. The first kappa shape index (κ1) is 12.4. The molecule has 0 radical (unpaired) electrons. The van der Waals surface area contributed by atoms with Crippen LogP contribution < -0.4 is 4.90 Å². The number of anilines is 1. The van der Waals surface area contributed by atoms with Crippen molar-refractivity contribution in [1.29, 1.82) is 5.26 Å². The second-order valence-corrected chi connectivity index (χ2v) is 4.24. The van der Waals surface area contributed by atoms with E-state index in [1.165, 1.54) is 12.1 Å². The average Bonchev–Trinajstić information content (AvgIpc) is 2.40. The van der Waals surface area contributed by atoms with Crippen molar-refractivity contribution in [3.63, 3.8) is 0 Å². The number of halogens is 1. The number of piperazine rings is 1. The molecule has 3 nitrogen and oxygen atoms in total. The van der Waals surface area contributed by atoms with Gasteiger partial charge in [-0.15, -0.1) is 6.42 Å². The molecule has 1 aliphatic heterocycles. The minimum Gasteiger partial charge on any atom is -0.369 e. The number of benzene rings is 1. The van der Waals surface area contributed by atoms with Crippen molar-refractivity contribution in [2.45, 2.75) is 0 Å². The molecule has 1 aromatic carbocycles. The highest BCUT2D eigenvalue weighted by Crippen LogP contribution is 2.19. The quantitative estimate of drug-likeness (QED) is 0.737. The van der Waals surface area contributed by atoms with Crippen molar-refractivity contribution in [3.05, 3.63) is 29.6 Å². The van der Waals surface area contributed by atoms with Gasteiger partial charge < -0.3 is 4.90 Å². The number of hydrogen-bond acceptors (Lipinski definition) is 3. The van der Waals surface area contributed by atoms with E-state index in [0.29, 0.717) is 6.54 Å². The minimum absolute atomic E-state index is 0.0877. The molecule has 0 N–H and O–H groups in total. The number of terminal acetylenes is 1. The molecule has 0 unspecified atom stereocenters. The molecule has 1 heterocycles. The van der Waals surface area contributed by atoms with Gasteiger partial charge in [-0.05, 0) is 18.2 Å². The average molecular weight is 243 g/mol. The SMILES string of the molecule is C#CCN1CCN(c2ccc(C#N)c(F)c2)CC1. The van der Waals surface area contributed by atoms with Gasteiger partial charge in [-0.1, -0.05) is 5.92 Å². The lowest BCUT2D eigenvalue weighted by atomic mass is 10.2. The van der Waals surface area contributed by atoms with Gasteiger partial charge in [-0.25, -0.2) is 4.39 Å². The van der Waals surface area contributed by atoms with Gasteiger partial charge in [0.1, 0.15) is 11.9 Å². The molecule has 1 aliphatic rings. The lowest BCUT2D eigenvalue weighted by molar-refractivity contribution is 0.288. The van der Waals surface area contributed by atoms with Crippen LogP contribution in [0.4, 0.5) is 10.1 Å². The minimum atomic E-state index is -0.457. The van der Waals surface area contributed by atoms with Gasteiger partial charge in [0.2, 0.25) is 0 Å². The summed E-state index contributed by atoms with van der Waals surface area (Å²) in [4.78, 5) is 4.30. The molecule has 1 fully saturated rings. The summed E-state index contributed by atoms with van der Waals surface area (Å²) in [5.74, 6) is 2.17. The summed E-state index contributed by atoms with van der Waals surface area (Å²) in [6, 6.07) is 6.57. The Morgan fingerprint density at radius 2 is 2.00 bits per heavy atom. The lowest BCUT2D eigenvalue weighted by Crippen LogP contribution is -2.46. The molecule has 0 bridgehead atoms. The molecule has 0 saturated carbocycles. The molecule has 0 aromatic heterocycles. The first-order chi connectivity index (χ1) is 8.74. The van der Waals surface area contributed by atoms with Gasteiger partial charge in [-0.2, -0.15) is 5.26 Å². The van der Waals surface area contributed by atoms with E-state index in [0.717, 1.165) is 31.9 Å². The monoisotopic (exact) mass is 243 g/mol. The van der Waals surface area contributed by atoms with Gasteiger partial charge in [0.25, 0.3) is 0 Å². The van der Waals surface area contributed by atoms with Crippen molar-refractivity contribution < 1.29 is 4.39 Å². The van der Waals surface area contributed by atoms with Crippen LogP contribution in [0, 0.1) is 29.5 Å². The predicted octanol–water partition coefficient (Wildman–Crippen LogP) is 1.45. The van der Waals surface area contributed by atoms with E-state index in [9.17, 15) is 4.39 Å². The molecule has 1 aromatic rings. The van der Waals surface area contributed by atoms with E-state index in [2.05, 4.69) is 15.7 Å². The highest BCUT2D eigenvalue weighted by molar-refractivity contribution is 5.50. The van der Waals surface area contributed by atoms with E-state index in [1.807, 2.05) is 6.07 Å². The third kappa shape index (κ3) is 2.61. The van der Waals surface area contributed by atoms with Gasteiger partial charge in [0.05, 0.1) is 12.1 Å². The molecule has 0 spiro atoms. The van der Waals surface area contributed by atoms with Crippen LogP contribution in [0.1, 0.15) is 5.56 Å². The van der Waals surface area contributed by atoms with Crippen LogP contribution in [-0.4, -0.2) is 37.6 Å². The molecule has 2 rings (SSSR count). The molecule has 18 heavy (non-hydrogen) atoms. The molecular weight excluding hydrogens is 229 g/mol. The second kappa shape index (κ2) is 5.53. The summed E-state index contributed by atoms with van der Waals surface area (Å²) in [6.45, 7) is 4.08. The Hall–Kier alpha value is -2.04. The summed E-state index contributed by atoms with van der Waals surface area (Å²) in [7, 11) is 0. The molecule has 0 aliphatic carbocycles. The predicted molar refractivity (Wildman–Crippen MR) is 68.6 cm³/mol. The van der Waals surface area contributed by atoms with Crippen molar-refractivity contribution in [2.24, 2.45) is 0 Å². The van der Waals surface area contributed by atoms with E-state index in [4.69, 9.17) is 11.7 Å². The summed E-state index contributed by atoms with van der Waals surface area (Å²) in [6.07, 6.45) is 5.27. The first-order valence-corrected chi connectivity index (χ1v) is 5.85. The van der Waals surface area contributed by atoms with Gasteiger partial charge in [0, 0.05) is 31.9 Å². The van der Waals surface area contributed by atoms with Crippen molar-refractivity contribution in [2.75, 3.05) is 37.6 Å². The van der Waals surface area contributed by atoms with E-state index in [-0.39, 0.29) is 5.56 Å². The van der Waals surface area contributed by atoms with E-state index >= 15 is 0 Å². The second-order valence-electron chi connectivity index (χ2n) is 4.24. The molecule has 92 valence electrons. The smallest absolute Gasteiger partial charge is 0.143 e. The summed E-state index contributed by atoms with van der Waals surface area (Å²) in [5, 5.41) is 8.68. The summed E-state index contributed by atoms with van der Waals surface area (Å²) < 4.78 is 13.5. The van der Waals surface area contributed by atoms with Gasteiger partial charge in [0.15, 0.2) is 0 Å². The van der Waals surface area contributed by atoms with Crippen LogP contribution >= 0.6 is 0 Å². The molecule has 0 atom stereocenters. The van der Waals surface area contributed by atoms with Gasteiger partial charge in [-0.3, -0.25) is 4.90 Å². The maximum atomic E-state index is 13.5. The Labute approximate surface area is 106 Å². The standard InChI is InChI=1S/C14H14FN3/c1-2-5-17-6-8-18(9-7-17)13-4-3-12(11-16)14(15)10-13/h1,3-4,10H,5-9H2. The third-order valence-corrected chi connectivity index (χ3v) is 3.13. The Kier molecular flexibility index (Phi) is 3.82. The van der Waals surface area contributed by atoms with E-state index in [1.54, 1.807) is 6.07 Å². The maximum absolute atomic E-state index is 13.5. The molecular formula is C14H14FN3. The number of rotatable bonds is 2. The zero-order valence-corrected chi connectivity index (χ0v) is 10.1. The number of nitrogens with zero attached hydrogens (tertiary/aromatic N) is 3. The zero-order chi connectivity index (χ0) is 13.0. The van der Waals surface area contributed by atoms with Crippen LogP contribution in [0.3, 0.4) is 0 Å². The van der Waals surface area contributed by atoms with Crippen molar-refractivity contribution in [3.8, 4) is 18.4 Å². The van der Waals surface area contributed by atoms with Crippen LogP contribution in [0.2, 0.25) is 0 Å². The van der Waals surface area contributed by atoms with Crippen molar-refractivity contribution >= 4 is 5.69 Å². The van der Waals surface area contributed by atoms with Crippen molar-refractivity contribution in [1.82, 2.24) is 4.90 Å². The fraction of sp³-hybridized carbons (Fsp3) is 0.357. The summed E-state index contributed by atoms with van der Waals surface area (Å²) >= 11 is 0. The Bertz CT molecular complexity index is 505. The normalized spacial score (nSPS) is 16.1. The Morgan fingerprint density at radius 1 is 1.28 bits per heavy atom. The van der Waals surface area contributed by atoms with E-state index < -0.39 is 5.82 Å². The molecule has 1 saturated heterocycles. The summed E-state index contributed by atoms with van der Waals surface area (Å²) in [5.41, 5.74) is 0.913. The maximum Gasteiger partial charge on any atom is 0.143 e. The zero-order valence-electron chi connectivity index (χ0n) is 10.1. The third-order valence-electron chi connectivity index (χ3n) is 3.13. The highest BCUT2D eigenvalue weighted by Gasteiger charge is 2.17. The Balaban J connectivity index is 2.04. The topological polar surface area (TPSA) is 30.3 Å². The Morgan fingerprint density at radius 3 is 2.56 bits per heavy atom. The van der Waals surface area contributed by atoms with Crippen LogP contribution in [0.15, 0.2) is 18.2 Å².